The van der Waals surface area contributed by atoms with Gasteiger partial charge in [0.15, 0.2) is 0 Å². The lowest BCUT2D eigenvalue weighted by atomic mass is 10.1. The summed E-state index contributed by atoms with van der Waals surface area (Å²) >= 11 is 1.67. The maximum absolute atomic E-state index is 11.6. The Balaban J connectivity index is 0. The molecule has 0 fully saturated rings. The van der Waals surface area contributed by atoms with Gasteiger partial charge >= 0.3 is 0 Å². The van der Waals surface area contributed by atoms with Gasteiger partial charge in [-0.3, -0.25) is 4.79 Å². The van der Waals surface area contributed by atoms with E-state index in [1.807, 2.05) is 0 Å². The van der Waals surface area contributed by atoms with Crippen LogP contribution >= 0.6 is 24.2 Å². The molecule has 1 unspecified atom stereocenters. The SMILES string of the molecule is CCCCC(CN)NC(=O)CSC(C)(C)C.Cl. The van der Waals surface area contributed by atoms with Gasteiger partial charge in [0.1, 0.15) is 0 Å². The number of nitrogens with two attached hydrogens (primary N) is 1. The zero-order chi connectivity index (χ0) is 12.6. The summed E-state index contributed by atoms with van der Waals surface area (Å²) in [5, 5.41) is 2.99. The van der Waals surface area contributed by atoms with Crippen molar-refractivity contribution in [3.8, 4) is 0 Å². The Morgan fingerprint density at radius 1 is 1.41 bits per heavy atom. The molecule has 17 heavy (non-hydrogen) atoms. The molecule has 104 valence electrons. The number of carbonyl (C=O) groups excluding carboxylic acids is 1. The molecule has 1 amide bonds. The molecule has 0 aromatic rings. The van der Waals surface area contributed by atoms with E-state index < -0.39 is 0 Å². The van der Waals surface area contributed by atoms with Crippen LogP contribution in [-0.4, -0.2) is 29.0 Å². The van der Waals surface area contributed by atoms with E-state index in [1.165, 1.54) is 0 Å². The van der Waals surface area contributed by atoms with Gasteiger partial charge in [0.05, 0.1) is 5.75 Å². The predicted molar refractivity (Wildman–Crippen MR) is 80.0 cm³/mol. The summed E-state index contributed by atoms with van der Waals surface area (Å²) in [7, 11) is 0. The molecule has 0 spiro atoms. The predicted octanol–water partition coefficient (Wildman–Crippen LogP) is 2.57. The summed E-state index contributed by atoms with van der Waals surface area (Å²) in [5.41, 5.74) is 5.62. The Bertz CT molecular complexity index is 207. The second-order valence-electron chi connectivity index (χ2n) is 5.04. The number of nitrogens with one attached hydrogen (secondary N) is 1. The van der Waals surface area contributed by atoms with E-state index >= 15 is 0 Å². The van der Waals surface area contributed by atoms with Crippen LogP contribution in [0, 0.1) is 0 Å². The van der Waals surface area contributed by atoms with Crippen molar-refractivity contribution in [3.05, 3.63) is 0 Å². The smallest absolute Gasteiger partial charge is 0.230 e. The summed E-state index contributed by atoms with van der Waals surface area (Å²) in [6.45, 7) is 9.02. The monoisotopic (exact) mass is 282 g/mol. The van der Waals surface area contributed by atoms with Crippen LogP contribution in [0.1, 0.15) is 47.0 Å². The third kappa shape index (κ3) is 12.3. The first-order valence-electron chi connectivity index (χ1n) is 6.02. The highest BCUT2D eigenvalue weighted by molar-refractivity contribution is 8.01. The van der Waals surface area contributed by atoms with Crippen LogP contribution in [0.3, 0.4) is 0 Å². The zero-order valence-electron chi connectivity index (χ0n) is 11.4. The topological polar surface area (TPSA) is 55.1 Å². The first-order valence-corrected chi connectivity index (χ1v) is 7.01. The van der Waals surface area contributed by atoms with Gasteiger partial charge < -0.3 is 11.1 Å². The van der Waals surface area contributed by atoms with Crippen molar-refractivity contribution in [3.63, 3.8) is 0 Å². The molecule has 0 heterocycles. The van der Waals surface area contributed by atoms with Crippen LogP contribution in [0.2, 0.25) is 0 Å². The average Bonchev–Trinajstić information content (AvgIpc) is 2.20. The van der Waals surface area contributed by atoms with Crippen LogP contribution in [0.4, 0.5) is 0 Å². The molecule has 0 aliphatic rings. The van der Waals surface area contributed by atoms with Crippen LogP contribution in [-0.2, 0) is 4.79 Å². The summed E-state index contributed by atoms with van der Waals surface area (Å²) in [6.07, 6.45) is 3.25. The Kier molecular flexibility index (Phi) is 11.5. The first kappa shape index (κ1) is 19.4. The third-order valence-corrected chi connectivity index (χ3v) is 3.46. The molecular formula is C12H27ClN2OS. The number of hydrogen-bond donors (Lipinski definition) is 2. The summed E-state index contributed by atoms with van der Waals surface area (Å²) in [5.74, 6) is 0.623. The molecule has 0 aliphatic heterocycles. The minimum absolute atomic E-state index is 0. The van der Waals surface area contributed by atoms with E-state index in [2.05, 4.69) is 33.0 Å². The number of unbranched alkanes of at least 4 members (excludes halogenated alkanes) is 1. The fraction of sp³-hybridized carbons (Fsp3) is 0.917. The maximum Gasteiger partial charge on any atom is 0.230 e. The highest BCUT2D eigenvalue weighted by Gasteiger charge is 2.15. The number of halogens is 1. The van der Waals surface area contributed by atoms with Crippen molar-refractivity contribution in [2.24, 2.45) is 5.73 Å². The van der Waals surface area contributed by atoms with Crippen molar-refractivity contribution in [1.82, 2.24) is 5.32 Å². The largest absolute Gasteiger partial charge is 0.351 e. The van der Waals surface area contributed by atoms with E-state index in [9.17, 15) is 4.79 Å². The lowest BCUT2D eigenvalue weighted by Gasteiger charge is -2.20. The van der Waals surface area contributed by atoms with Gasteiger partial charge in [-0.15, -0.1) is 24.2 Å². The minimum atomic E-state index is 0. The standard InChI is InChI=1S/C12H26N2OS.ClH/c1-5-6-7-10(8-13)14-11(15)9-16-12(2,3)4;/h10H,5-9,13H2,1-4H3,(H,14,15);1H. The number of thioether (sulfide) groups is 1. The van der Waals surface area contributed by atoms with Crippen LogP contribution in [0.5, 0.6) is 0 Å². The second kappa shape index (κ2) is 10.0. The molecule has 0 saturated heterocycles. The van der Waals surface area contributed by atoms with E-state index in [0.717, 1.165) is 19.3 Å². The quantitative estimate of drug-likeness (QED) is 0.755. The van der Waals surface area contributed by atoms with E-state index in [-0.39, 0.29) is 29.1 Å². The molecule has 0 aromatic carbocycles. The fourth-order valence-corrected chi connectivity index (χ4v) is 1.90. The van der Waals surface area contributed by atoms with Crippen molar-refractivity contribution >= 4 is 30.1 Å². The lowest BCUT2D eigenvalue weighted by molar-refractivity contribution is -0.119. The molecule has 5 heteroatoms. The minimum Gasteiger partial charge on any atom is -0.351 e. The molecule has 0 bridgehead atoms. The highest BCUT2D eigenvalue weighted by Crippen LogP contribution is 2.22. The molecular weight excluding hydrogens is 256 g/mol. The number of rotatable bonds is 7. The average molecular weight is 283 g/mol. The van der Waals surface area contributed by atoms with Crippen molar-refractivity contribution in [2.75, 3.05) is 12.3 Å². The molecule has 0 aromatic heterocycles. The molecule has 0 aliphatic carbocycles. The Labute approximate surface area is 116 Å². The molecule has 0 saturated carbocycles. The van der Waals surface area contributed by atoms with Crippen molar-refractivity contribution in [1.29, 1.82) is 0 Å². The van der Waals surface area contributed by atoms with Crippen LogP contribution < -0.4 is 11.1 Å². The Hall–Kier alpha value is 0.0700. The molecule has 0 radical (unpaired) electrons. The number of amides is 1. The first-order chi connectivity index (χ1) is 7.39. The second-order valence-corrected chi connectivity index (χ2v) is 6.85. The van der Waals surface area contributed by atoms with Crippen LogP contribution in [0.15, 0.2) is 0 Å². The summed E-state index contributed by atoms with van der Waals surface area (Å²) in [6, 6.07) is 0.146. The van der Waals surface area contributed by atoms with Crippen molar-refractivity contribution < 1.29 is 4.79 Å². The summed E-state index contributed by atoms with van der Waals surface area (Å²) in [4.78, 5) is 11.6. The molecule has 0 rings (SSSR count). The Morgan fingerprint density at radius 3 is 2.41 bits per heavy atom. The van der Waals surface area contributed by atoms with Gasteiger partial charge in [0.2, 0.25) is 5.91 Å². The number of carbonyl (C=O) groups is 1. The number of hydrogen-bond acceptors (Lipinski definition) is 3. The Morgan fingerprint density at radius 2 is 2.00 bits per heavy atom. The van der Waals surface area contributed by atoms with Gasteiger partial charge in [-0.25, -0.2) is 0 Å². The van der Waals surface area contributed by atoms with Gasteiger partial charge in [-0.05, 0) is 6.42 Å². The zero-order valence-corrected chi connectivity index (χ0v) is 13.0. The highest BCUT2D eigenvalue weighted by atomic mass is 35.5. The van der Waals surface area contributed by atoms with Crippen LogP contribution in [0.25, 0.3) is 0 Å². The van der Waals surface area contributed by atoms with Crippen molar-refractivity contribution in [2.45, 2.75) is 57.7 Å². The van der Waals surface area contributed by atoms with Gasteiger partial charge in [-0.2, -0.15) is 0 Å². The third-order valence-electron chi connectivity index (χ3n) is 2.19. The molecule has 3 N–H and O–H groups in total. The maximum atomic E-state index is 11.6. The molecule has 3 nitrogen and oxygen atoms in total. The fourth-order valence-electron chi connectivity index (χ4n) is 1.25. The van der Waals surface area contributed by atoms with Gasteiger partial charge in [0.25, 0.3) is 0 Å². The molecule has 1 atom stereocenters. The lowest BCUT2D eigenvalue weighted by Crippen LogP contribution is -2.41. The van der Waals surface area contributed by atoms with E-state index in [1.54, 1.807) is 11.8 Å². The van der Waals surface area contributed by atoms with Gasteiger partial charge in [0, 0.05) is 17.3 Å². The summed E-state index contributed by atoms with van der Waals surface area (Å²) < 4.78 is 0.138. The van der Waals surface area contributed by atoms with E-state index in [4.69, 9.17) is 5.73 Å². The van der Waals surface area contributed by atoms with E-state index in [0.29, 0.717) is 12.3 Å². The van der Waals surface area contributed by atoms with Gasteiger partial charge in [-0.1, -0.05) is 40.5 Å². The normalized spacial score (nSPS) is 12.8.